The Hall–Kier alpha value is -1.18. The summed E-state index contributed by atoms with van der Waals surface area (Å²) in [5.41, 5.74) is 0. The lowest BCUT2D eigenvalue weighted by atomic mass is 10.2. The Balaban J connectivity index is 1.71. The SMILES string of the molecule is Cc1ncc(CN(C)C(=O)NC[C@H]2CC[C@@H](CO)O2)s1. The lowest BCUT2D eigenvalue weighted by molar-refractivity contribution is 0.0130. The van der Waals surface area contributed by atoms with Crippen LogP contribution in [0.25, 0.3) is 0 Å². The maximum atomic E-state index is 12.0. The zero-order chi connectivity index (χ0) is 14.5. The first-order chi connectivity index (χ1) is 9.58. The predicted molar refractivity (Wildman–Crippen MR) is 76.7 cm³/mol. The third kappa shape index (κ3) is 4.16. The van der Waals surface area contributed by atoms with Gasteiger partial charge in [0.1, 0.15) is 0 Å². The number of aliphatic hydroxyl groups excluding tert-OH is 1. The summed E-state index contributed by atoms with van der Waals surface area (Å²) in [6.07, 6.45) is 3.47. The minimum atomic E-state index is -0.118. The van der Waals surface area contributed by atoms with Crippen LogP contribution in [0.1, 0.15) is 22.7 Å². The molecular formula is C13H21N3O3S. The molecule has 1 aromatic heterocycles. The van der Waals surface area contributed by atoms with E-state index in [9.17, 15) is 4.79 Å². The van der Waals surface area contributed by atoms with Crippen LogP contribution >= 0.6 is 11.3 Å². The molecule has 2 atom stereocenters. The molecule has 2 heterocycles. The van der Waals surface area contributed by atoms with E-state index in [4.69, 9.17) is 9.84 Å². The highest BCUT2D eigenvalue weighted by Crippen LogP contribution is 2.18. The first kappa shape index (κ1) is 15.2. The number of hydrogen-bond donors (Lipinski definition) is 2. The van der Waals surface area contributed by atoms with Crippen LogP contribution in [0.15, 0.2) is 6.20 Å². The Kier molecular flexibility index (Phi) is 5.33. The molecule has 1 aromatic rings. The summed E-state index contributed by atoms with van der Waals surface area (Å²) in [6, 6.07) is -0.118. The normalized spacial score (nSPS) is 21.9. The van der Waals surface area contributed by atoms with E-state index in [0.717, 1.165) is 22.7 Å². The summed E-state index contributed by atoms with van der Waals surface area (Å²) < 4.78 is 5.57. The van der Waals surface area contributed by atoms with Crippen molar-refractivity contribution in [1.82, 2.24) is 15.2 Å². The van der Waals surface area contributed by atoms with Crippen LogP contribution in [0.5, 0.6) is 0 Å². The van der Waals surface area contributed by atoms with Gasteiger partial charge in [-0.1, -0.05) is 0 Å². The molecule has 0 aliphatic carbocycles. The fourth-order valence-corrected chi connectivity index (χ4v) is 3.03. The van der Waals surface area contributed by atoms with E-state index in [1.807, 2.05) is 6.92 Å². The number of amides is 2. The minimum Gasteiger partial charge on any atom is -0.394 e. The predicted octanol–water partition coefficient (Wildman–Crippen LogP) is 1.13. The number of rotatable bonds is 5. The molecule has 1 aliphatic heterocycles. The zero-order valence-corrected chi connectivity index (χ0v) is 12.7. The second-order valence-corrected chi connectivity index (χ2v) is 6.35. The van der Waals surface area contributed by atoms with Crippen molar-refractivity contribution in [2.75, 3.05) is 20.2 Å². The molecule has 1 saturated heterocycles. The van der Waals surface area contributed by atoms with E-state index in [2.05, 4.69) is 10.3 Å². The summed E-state index contributed by atoms with van der Waals surface area (Å²) in [7, 11) is 1.76. The topological polar surface area (TPSA) is 74.7 Å². The molecular weight excluding hydrogens is 278 g/mol. The summed E-state index contributed by atoms with van der Waals surface area (Å²) in [6.45, 7) is 3.04. The van der Waals surface area contributed by atoms with Crippen LogP contribution in [-0.2, 0) is 11.3 Å². The smallest absolute Gasteiger partial charge is 0.317 e. The van der Waals surface area contributed by atoms with Gasteiger partial charge in [-0.2, -0.15) is 0 Å². The van der Waals surface area contributed by atoms with Crippen LogP contribution in [0.3, 0.4) is 0 Å². The number of carbonyl (C=O) groups excluding carboxylic acids is 1. The van der Waals surface area contributed by atoms with Crippen LogP contribution in [0.4, 0.5) is 4.79 Å². The Bertz CT molecular complexity index is 452. The van der Waals surface area contributed by atoms with E-state index in [1.54, 1.807) is 29.5 Å². The molecule has 112 valence electrons. The highest BCUT2D eigenvalue weighted by atomic mass is 32.1. The number of hydrogen-bond acceptors (Lipinski definition) is 5. The van der Waals surface area contributed by atoms with Gasteiger partial charge in [0.2, 0.25) is 0 Å². The first-order valence-electron chi connectivity index (χ1n) is 6.75. The number of ether oxygens (including phenoxy) is 1. The number of aromatic nitrogens is 1. The van der Waals surface area contributed by atoms with Crippen LogP contribution in [-0.4, -0.2) is 53.4 Å². The number of thiazole rings is 1. The van der Waals surface area contributed by atoms with E-state index in [0.29, 0.717) is 13.1 Å². The largest absolute Gasteiger partial charge is 0.394 e. The first-order valence-corrected chi connectivity index (χ1v) is 7.56. The average Bonchev–Trinajstić information content (AvgIpc) is 3.04. The van der Waals surface area contributed by atoms with Crippen LogP contribution in [0.2, 0.25) is 0 Å². The van der Waals surface area contributed by atoms with Gasteiger partial charge in [0.15, 0.2) is 0 Å². The molecule has 0 aromatic carbocycles. The Morgan fingerprint density at radius 1 is 1.60 bits per heavy atom. The number of carbonyl (C=O) groups is 1. The van der Waals surface area contributed by atoms with Gasteiger partial charge in [-0.05, 0) is 19.8 Å². The molecule has 20 heavy (non-hydrogen) atoms. The van der Waals surface area contributed by atoms with Gasteiger partial charge in [0, 0.05) is 24.7 Å². The fourth-order valence-electron chi connectivity index (χ4n) is 2.18. The zero-order valence-electron chi connectivity index (χ0n) is 11.8. The average molecular weight is 299 g/mol. The van der Waals surface area contributed by atoms with Crippen molar-refractivity contribution in [3.63, 3.8) is 0 Å². The third-order valence-corrected chi connectivity index (χ3v) is 4.19. The monoisotopic (exact) mass is 299 g/mol. The lowest BCUT2D eigenvalue weighted by Gasteiger charge is -2.19. The number of nitrogens with zero attached hydrogens (tertiary/aromatic N) is 2. The summed E-state index contributed by atoms with van der Waals surface area (Å²) >= 11 is 1.59. The molecule has 6 nitrogen and oxygen atoms in total. The van der Waals surface area contributed by atoms with E-state index >= 15 is 0 Å². The van der Waals surface area contributed by atoms with Crippen LogP contribution in [0, 0.1) is 6.92 Å². The highest BCUT2D eigenvalue weighted by molar-refractivity contribution is 7.11. The maximum absolute atomic E-state index is 12.0. The van der Waals surface area contributed by atoms with Gasteiger partial charge in [0.25, 0.3) is 0 Å². The quantitative estimate of drug-likeness (QED) is 0.855. The Labute approximate surface area is 122 Å². The van der Waals surface area contributed by atoms with Gasteiger partial charge in [-0.25, -0.2) is 9.78 Å². The maximum Gasteiger partial charge on any atom is 0.317 e. The Morgan fingerprint density at radius 2 is 2.35 bits per heavy atom. The van der Waals surface area contributed by atoms with Crippen molar-refractivity contribution >= 4 is 17.4 Å². The van der Waals surface area contributed by atoms with Crippen molar-refractivity contribution in [1.29, 1.82) is 0 Å². The molecule has 2 rings (SSSR count). The number of aryl methyl sites for hydroxylation is 1. The number of aliphatic hydroxyl groups is 1. The van der Waals surface area contributed by atoms with Gasteiger partial charge < -0.3 is 20.1 Å². The van der Waals surface area contributed by atoms with Crippen molar-refractivity contribution in [3.8, 4) is 0 Å². The van der Waals surface area contributed by atoms with Crippen molar-refractivity contribution in [3.05, 3.63) is 16.1 Å². The lowest BCUT2D eigenvalue weighted by Crippen LogP contribution is -2.40. The molecule has 0 spiro atoms. The van der Waals surface area contributed by atoms with E-state index in [-0.39, 0.29) is 24.8 Å². The van der Waals surface area contributed by atoms with Crippen LogP contribution < -0.4 is 5.32 Å². The molecule has 2 N–H and O–H groups in total. The molecule has 0 bridgehead atoms. The summed E-state index contributed by atoms with van der Waals surface area (Å²) in [4.78, 5) is 18.8. The second-order valence-electron chi connectivity index (χ2n) is 5.03. The third-order valence-electron chi connectivity index (χ3n) is 3.29. The molecule has 1 fully saturated rings. The van der Waals surface area contributed by atoms with Gasteiger partial charge in [0.05, 0.1) is 30.4 Å². The van der Waals surface area contributed by atoms with Crippen molar-refractivity contribution in [2.45, 2.75) is 38.5 Å². The molecule has 2 amide bonds. The van der Waals surface area contributed by atoms with Crippen molar-refractivity contribution in [2.24, 2.45) is 0 Å². The van der Waals surface area contributed by atoms with E-state index in [1.165, 1.54) is 0 Å². The summed E-state index contributed by atoms with van der Waals surface area (Å²) in [5, 5.41) is 12.9. The second kappa shape index (κ2) is 7.01. The Morgan fingerprint density at radius 3 is 2.95 bits per heavy atom. The van der Waals surface area contributed by atoms with Gasteiger partial charge >= 0.3 is 6.03 Å². The fraction of sp³-hybridized carbons (Fsp3) is 0.692. The highest BCUT2D eigenvalue weighted by Gasteiger charge is 2.25. The molecule has 0 radical (unpaired) electrons. The molecule has 0 unspecified atom stereocenters. The molecule has 7 heteroatoms. The molecule has 1 aliphatic rings. The molecule has 0 saturated carbocycles. The van der Waals surface area contributed by atoms with Gasteiger partial charge in [-0.15, -0.1) is 11.3 Å². The van der Waals surface area contributed by atoms with Crippen molar-refractivity contribution < 1.29 is 14.6 Å². The van der Waals surface area contributed by atoms with E-state index < -0.39 is 0 Å². The standard InChI is InChI=1S/C13H21N3O3S/c1-9-14-6-12(20-9)7-16(2)13(18)15-5-10-3-4-11(8-17)19-10/h6,10-11,17H,3-5,7-8H2,1-2H3,(H,15,18)/t10-,11+/m1/s1. The minimum absolute atomic E-state index is 0.00940. The summed E-state index contributed by atoms with van der Waals surface area (Å²) in [5.74, 6) is 0. The van der Waals surface area contributed by atoms with Gasteiger partial charge in [-0.3, -0.25) is 0 Å². The number of urea groups is 1. The number of nitrogens with one attached hydrogen (secondary N) is 1.